The Labute approximate surface area is 95.8 Å². The molecule has 0 aliphatic carbocycles. The largest absolute Gasteiger partial charge is 0.385 e. The predicted molar refractivity (Wildman–Crippen MR) is 51.5 cm³/mol. The summed E-state index contributed by atoms with van der Waals surface area (Å²) >= 11 is 0. The Morgan fingerprint density at radius 1 is 1.59 bits per heavy atom. The lowest BCUT2D eigenvalue weighted by atomic mass is 10.2. The second-order valence-electron chi connectivity index (χ2n) is 3.52. The van der Waals surface area contributed by atoms with Crippen LogP contribution in [0.5, 0.6) is 0 Å². The van der Waals surface area contributed by atoms with Gasteiger partial charge in [-0.2, -0.15) is 0 Å². The fraction of sp³-hybridized carbons (Fsp3) is 0.625. The van der Waals surface area contributed by atoms with Crippen molar-refractivity contribution in [2.75, 3.05) is 7.11 Å². The Hall–Kier alpha value is -1.55. The number of nitrogens with zero attached hydrogens (tertiary/aromatic N) is 3. The van der Waals surface area contributed by atoms with Crippen molar-refractivity contribution in [2.24, 2.45) is 5.73 Å². The summed E-state index contributed by atoms with van der Waals surface area (Å²) in [7, 11) is 1.33. The van der Waals surface area contributed by atoms with E-state index in [1.54, 1.807) is 0 Å². The maximum Gasteiger partial charge on any atom is 0.288 e. The smallest absolute Gasteiger partial charge is 0.288 e. The Morgan fingerprint density at radius 3 is 2.76 bits per heavy atom. The second kappa shape index (κ2) is 4.37. The van der Waals surface area contributed by atoms with Gasteiger partial charge in [0.25, 0.3) is 5.91 Å². The van der Waals surface area contributed by atoms with E-state index in [2.05, 4.69) is 10.1 Å². The molecule has 9 heteroatoms. The molecule has 0 aromatic carbocycles. The number of nitrogens with two attached hydrogens (primary N) is 1. The van der Waals surface area contributed by atoms with E-state index in [0.717, 1.165) is 4.68 Å². The number of ether oxygens (including phenoxy) is 2. The summed E-state index contributed by atoms with van der Waals surface area (Å²) in [6.45, 7) is 0. The molecule has 2 heterocycles. The van der Waals surface area contributed by atoms with Crippen LogP contribution in [-0.2, 0) is 9.47 Å². The molecule has 0 radical (unpaired) electrons. The first-order chi connectivity index (χ1) is 8.04. The van der Waals surface area contributed by atoms with Crippen molar-refractivity contribution in [3.05, 3.63) is 12.2 Å². The second-order valence-corrected chi connectivity index (χ2v) is 3.52. The van der Waals surface area contributed by atoms with E-state index in [1.807, 2.05) is 0 Å². The zero-order valence-electron chi connectivity index (χ0n) is 8.92. The lowest BCUT2D eigenvalue weighted by molar-refractivity contribution is -0.163. The van der Waals surface area contributed by atoms with Gasteiger partial charge < -0.3 is 25.4 Å². The Morgan fingerprint density at radius 2 is 2.29 bits per heavy atom. The number of aliphatic hydroxyl groups is 2. The fourth-order valence-corrected chi connectivity index (χ4v) is 1.55. The van der Waals surface area contributed by atoms with Crippen molar-refractivity contribution >= 4 is 5.91 Å². The van der Waals surface area contributed by atoms with Gasteiger partial charge in [0.05, 0.1) is 0 Å². The highest BCUT2D eigenvalue weighted by Crippen LogP contribution is 2.28. The minimum atomic E-state index is -1.23. The molecular weight excluding hydrogens is 232 g/mol. The van der Waals surface area contributed by atoms with E-state index in [0.29, 0.717) is 0 Å². The third-order valence-corrected chi connectivity index (χ3v) is 2.42. The molecule has 0 saturated carbocycles. The Balaban J connectivity index is 2.19. The first-order valence-corrected chi connectivity index (χ1v) is 4.80. The van der Waals surface area contributed by atoms with Gasteiger partial charge in [0.15, 0.2) is 12.5 Å². The molecule has 9 nitrogen and oxygen atoms in total. The summed E-state index contributed by atoms with van der Waals surface area (Å²) in [5.41, 5.74) is 4.99. The van der Waals surface area contributed by atoms with Gasteiger partial charge in [-0.3, -0.25) is 4.79 Å². The van der Waals surface area contributed by atoms with E-state index in [9.17, 15) is 15.0 Å². The number of primary amides is 1. The molecule has 4 atom stereocenters. The molecule has 2 rings (SSSR count). The molecule has 1 amide bonds. The first kappa shape index (κ1) is 11.9. The Bertz CT molecular complexity index is 422. The molecule has 1 aromatic rings. The van der Waals surface area contributed by atoms with Crippen LogP contribution in [0.1, 0.15) is 16.8 Å². The van der Waals surface area contributed by atoms with Gasteiger partial charge in [0.2, 0.25) is 5.82 Å². The maximum atomic E-state index is 10.8. The predicted octanol–water partition coefficient (Wildman–Crippen LogP) is -2.40. The van der Waals surface area contributed by atoms with E-state index >= 15 is 0 Å². The number of hydrogen-bond donors (Lipinski definition) is 3. The minimum absolute atomic E-state index is 0.198. The molecule has 0 spiro atoms. The SMILES string of the molecule is CO[C@H]1OC(n2cnc(C(N)=O)n2)[C@H](O)[C@@H]1O. The molecular formula is C8H12N4O5. The van der Waals surface area contributed by atoms with Crippen LogP contribution in [0.25, 0.3) is 0 Å². The Kier molecular flexibility index (Phi) is 3.07. The van der Waals surface area contributed by atoms with Crippen LogP contribution in [0.15, 0.2) is 6.33 Å². The number of rotatable bonds is 3. The van der Waals surface area contributed by atoms with Gasteiger partial charge in [-0.1, -0.05) is 0 Å². The molecule has 1 aliphatic heterocycles. The van der Waals surface area contributed by atoms with Gasteiger partial charge in [0.1, 0.15) is 18.5 Å². The van der Waals surface area contributed by atoms with Crippen LogP contribution in [0, 0.1) is 0 Å². The van der Waals surface area contributed by atoms with E-state index in [1.165, 1.54) is 13.4 Å². The maximum absolute atomic E-state index is 10.8. The molecule has 1 aromatic heterocycles. The van der Waals surface area contributed by atoms with E-state index in [-0.39, 0.29) is 5.82 Å². The van der Waals surface area contributed by atoms with Gasteiger partial charge in [0, 0.05) is 7.11 Å². The lowest BCUT2D eigenvalue weighted by Gasteiger charge is -2.13. The number of carbonyl (C=O) groups is 1. The number of carbonyl (C=O) groups excluding carboxylic acids is 1. The van der Waals surface area contributed by atoms with Crippen molar-refractivity contribution in [1.82, 2.24) is 14.8 Å². The first-order valence-electron chi connectivity index (χ1n) is 4.80. The van der Waals surface area contributed by atoms with Crippen LogP contribution in [0.4, 0.5) is 0 Å². The lowest BCUT2D eigenvalue weighted by Crippen LogP contribution is -2.32. The normalized spacial score (nSPS) is 32.9. The van der Waals surface area contributed by atoms with Crippen molar-refractivity contribution in [3.8, 4) is 0 Å². The van der Waals surface area contributed by atoms with Gasteiger partial charge in [-0.15, -0.1) is 5.10 Å². The van der Waals surface area contributed by atoms with Crippen LogP contribution in [0.3, 0.4) is 0 Å². The topological polar surface area (TPSA) is 133 Å². The van der Waals surface area contributed by atoms with Gasteiger partial charge >= 0.3 is 0 Å². The summed E-state index contributed by atoms with van der Waals surface area (Å²) in [6.07, 6.45) is -3.20. The van der Waals surface area contributed by atoms with E-state index < -0.39 is 30.6 Å². The zero-order chi connectivity index (χ0) is 12.6. The van der Waals surface area contributed by atoms with Crippen molar-refractivity contribution in [1.29, 1.82) is 0 Å². The van der Waals surface area contributed by atoms with Crippen molar-refractivity contribution in [2.45, 2.75) is 24.7 Å². The molecule has 17 heavy (non-hydrogen) atoms. The van der Waals surface area contributed by atoms with Crippen LogP contribution in [0.2, 0.25) is 0 Å². The number of aliphatic hydroxyl groups excluding tert-OH is 2. The van der Waals surface area contributed by atoms with E-state index in [4.69, 9.17) is 15.2 Å². The summed E-state index contributed by atoms with van der Waals surface area (Å²) < 4.78 is 11.1. The van der Waals surface area contributed by atoms with Gasteiger partial charge in [-0.05, 0) is 0 Å². The summed E-state index contributed by atoms with van der Waals surface area (Å²) in [4.78, 5) is 14.4. The number of methoxy groups -OCH3 is 1. The standard InChI is InChI=1S/C8H12N4O5/c1-16-8-4(14)3(13)7(17-8)12-2-10-6(11-12)5(9)15/h2-4,7-8,13-14H,1H3,(H2,9,15)/t3-,4+,7?,8+/m1/s1. The number of amides is 1. The molecule has 1 saturated heterocycles. The number of hydrogen-bond acceptors (Lipinski definition) is 7. The van der Waals surface area contributed by atoms with Crippen LogP contribution < -0.4 is 5.73 Å². The summed E-state index contributed by atoms with van der Waals surface area (Å²) in [5.74, 6) is -0.990. The van der Waals surface area contributed by atoms with Crippen molar-refractivity contribution in [3.63, 3.8) is 0 Å². The molecule has 1 fully saturated rings. The molecule has 0 bridgehead atoms. The zero-order valence-corrected chi connectivity index (χ0v) is 8.92. The third-order valence-electron chi connectivity index (χ3n) is 2.42. The highest BCUT2D eigenvalue weighted by Gasteiger charge is 2.44. The highest BCUT2D eigenvalue weighted by atomic mass is 16.7. The monoisotopic (exact) mass is 244 g/mol. The average molecular weight is 244 g/mol. The fourth-order valence-electron chi connectivity index (χ4n) is 1.55. The van der Waals surface area contributed by atoms with Crippen molar-refractivity contribution < 1.29 is 24.5 Å². The molecule has 1 aliphatic rings. The third kappa shape index (κ3) is 2.00. The summed E-state index contributed by atoms with van der Waals surface area (Å²) in [5, 5.41) is 23.0. The highest BCUT2D eigenvalue weighted by molar-refractivity contribution is 5.88. The van der Waals surface area contributed by atoms with Gasteiger partial charge in [-0.25, -0.2) is 9.67 Å². The van der Waals surface area contributed by atoms with Crippen LogP contribution >= 0.6 is 0 Å². The quantitative estimate of drug-likeness (QED) is 0.539. The van der Waals surface area contributed by atoms with Crippen LogP contribution in [-0.4, -0.2) is 56.5 Å². The molecule has 4 N–H and O–H groups in total. The average Bonchev–Trinajstić information content (AvgIpc) is 2.87. The molecule has 94 valence electrons. The number of aromatic nitrogens is 3. The minimum Gasteiger partial charge on any atom is -0.385 e. The molecule has 1 unspecified atom stereocenters. The summed E-state index contributed by atoms with van der Waals surface area (Å²) in [6, 6.07) is 0.